The van der Waals surface area contributed by atoms with Crippen LogP contribution in [-0.2, 0) is 6.54 Å². The van der Waals surface area contributed by atoms with Crippen molar-refractivity contribution in [1.29, 1.82) is 0 Å². The van der Waals surface area contributed by atoms with Crippen LogP contribution in [0.25, 0.3) is 22.3 Å². The van der Waals surface area contributed by atoms with Gasteiger partial charge in [-0.2, -0.15) is 0 Å². The summed E-state index contributed by atoms with van der Waals surface area (Å²) in [5.41, 5.74) is 6.93. The lowest BCUT2D eigenvalue weighted by Crippen LogP contribution is -2.19. The van der Waals surface area contributed by atoms with E-state index in [1.54, 1.807) is 6.20 Å². The Bertz CT molecular complexity index is 1550. The van der Waals surface area contributed by atoms with Crippen molar-refractivity contribution in [2.75, 3.05) is 5.32 Å². The van der Waals surface area contributed by atoms with Gasteiger partial charge in [0.25, 0.3) is 0 Å². The predicted molar refractivity (Wildman–Crippen MR) is 138 cm³/mol. The number of fused-ring (bicyclic) bond motifs is 1. The fourth-order valence-corrected chi connectivity index (χ4v) is 3.84. The second-order valence-corrected chi connectivity index (χ2v) is 8.37. The number of carboxylic acid groups (broad SMARTS) is 1. The zero-order chi connectivity index (χ0) is 25.1. The topological polar surface area (TPSA) is 125 Å². The number of amides is 1. The molecule has 9 nitrogen and oxygen atoms in total. The second kappa shape index (κ2) is 9.75. The van der Waals surface area contributed by atoms with Crippen molar-refractivity contribution < 1.29 is 14.6 Å². The third-order valence-corrected chi connectivity index (χ3v) is 5.65. The second-order valence-electron chi connectivity index (χ2n) is 8.37. The smallest absolute Gasteiger partial charge is 0.404 e. The van der Waals surface area contributed by atoms with Gasteiger partial charge in [0.05, 0.1) is 11.7 Å². The SMILES string of the molecule is Cc1ccc(Oc2ccc(Nc3ncnc4cc(-c5cccc(CNC(=O)O)c5)[nH]c34)cc2C)cn1. The average Bonchev–Trinajstić information content (AvgIpc) is 3.32. The number of rotatable bonds is 7. The van der Waals surface area contributed by atoms with Crippen LogP contribution in [0.4, 0.5) is 16.3 Å². The lowest BCUT2D eigenvalue weighted by molar-refractivity contribution is 0.194. The fraction of sp³-hybridized carbons (Fsp3) is 0.111. The monoisotopic (exact) mass is 480 g/mol. The van der Waals surface area contributed by atoms with E-state index in [-0.39, 0.29) is 6.54 Å². The highest BCUT2D eigenvalue weighted by Crippen LogP contribution is 2.31. The van der Waals surface area contributed by atoms with Gasteiger partial charge in [0, 0.05) is 23.6 Å². The molecular weight excluding hydrogens is 456 g/mol. The van der Waals surface area contributed by atoms with Gasteiger partial charge in [-0.1, -0.05) is 18.2 Å². The van der Waals surface area contributed by atoms with E-state index in [0.717, 1.165) is 50.5 Å². The number of aromatic amines is 1. The van der Waals surface area contributed by atoms with Crippen LogP contribution in [0.1, 0.15) is 16.8 Å². The van der Waals surface area contributed by atoms with Crippen molar-refractivity contribution in [2.24, 2.45) is 0 Å². The number of H-pyrrole nitrogens is 1. The molecule has 0 aliphatic rings. The Labute approximate surface area is 207 Å². The number of carbonyl (C=O) groups is 1. The predicted octanol–water partition coefficient (Wildman–Crippen LogP) is 5.94. The first-order chi connectivity index (χ1) is 17.4. The number of aryl methyl sites for hydroxylation is 2. The Morgan fingerprint density at radius 2 is 1.92 bits per heavy atom. The van der Waals surface area contributed by atoms with Crippen LogP contribution in [0.2, 0.25) is 0 Å². The van der Waals surface area contributed by atoms with Gasteiger partial charge >= 0.3 is 6.09 Å². The van der Waals surface area contributed by atoms with Crippen molar-refractivity contribution in [3.8, 4) is 22.8 Å². The molecule has 36 heavy (non-hydrogen) atoms. The Morgan fingerprint density at radius 1 is 1.03 bits per heavy atom. The molecule has 5 rings (SSSR count). The molecule has 9 heteroatoms. The Hall–Kier alpha value is -4.92. The van der Waals surface area contributed by atoms with Gasteiger partial charge in [-0.05, 0) is 73.0 Å². The molecule has 0 radical (unpaired) electrons. The summed E-state index contributed by atoms with van der Waals surface area (Å²) in [5.74, 6) is 2.08. The number of ether oxygens (including phenoxy) is 1. The van der Waals surface area contributed by atoms with E-state index in [4.69, 9.17) is 9.84 Å². The van der Waals surface area contributed by atoms with Crippen LogP contribution in [0.3, 0.4) is 0 Å². The highest BCUT2D eigenvalue weighted by molar-refractivity contribution is 5.91. The first-order valence-corrected chi connectivity index (χ1v) is 11.3. The molecule has 0 saturated carbocycles. The Balaban J connectivity index is 1.38. The molecule has 0 unspecified atom stereocenters. The maximum absolute atomic E-state index is 10.8. The van der Waals surface area contributed by atoms with E-state index < -0.39 is 6.09 Å². The maximum atomic E-state index is 10.8. The number of hydrogen-bond donors (Lipinski definition) is 4. The molecule has 0 aliphatic carbocycles. The van der Waals surface area contributed by atoms with E-state index in [9.17, 15) is 4.79 Å². The van der Waals surface area contributed by atoms with Crippen LogP contribution in [-0.4, -0.2) is 31.1 Å². The Morgan fingerprint density at radius 3 is 2.69 bits per heavy atom. The van der Waals surface area contributed by atoms with E-state index in [0.29, 0.717) is 11.6 Å². The highest BCUT2D eigenvalue weighted by Gasteiger charge is 2.11. The minimum atomic E-state index is -1.06. The van der Waals surface area contributed by atoms with E-state index in [1.807, 2.05) is 74.5 Å². The summed E-state index contributed by atoms with van der Waals surface area (Å²) >= 11 is 0. The number of benzene rings is 2. The minimum Gasteiger partial charge on any atom is -0.465 e. The van der Waals surface area contributed by atoms with Gasteiger partial charge < -0.3 is 25.5 Å². The molecule has 5 aromatic rings. The van der Waals surface area contributed by atoms with Gasteiger partial charge in [-0.3, -0.25) is 4.98 Å². The van der Waals surface area contributed by atoms with Gasteiger partial charge in [-0.25, -0.2) is 14.8 Å². The maximum Gasteiger partial charge on any atom is 0.404 e. The summed E-state index contributed by atoms with van der Waals surface area (Å²) in [5, 5.41) is 14.6. The van der Waals surface area contributed by atoms with E-state index in [2.05, 4.69) is 30.6 Å². The van der Waals surface area contributed by atoms with Gasteiger partial charge in [0.15, 0.2) is 5.82 Å². The largest absolute Gasteiger partial charge is 0.465 e. The number of nitrogens with zero attached hydrogens (tertiary/aromatic N) is 3. The minimum absolute atomic E-state index is 0.232. The van der Waals surface area contributed by atoms with Crippen LogP contribution in [0.5, 0.6) is 11.5 Å². The third kappa shape index (κ3) is 5.10. The third-order valence-electron chi connectivity index (χ3n) is 5.65. The molecule has 0 bridgehead atoms. The van der Waals surface area contributed by atoms with Crippen LogP contribution >= 0.6 is 0 Å². The van der Waals surface area contributed by atoms with Crippen LogP contribution in [0.15, 0.2) is 73.2 Å². The van der Waals surface area contributed by atoms with Crippen molar-refractivity contribution >= 4 is 28.6 Å². The first kappa shape index (κ1) is 22.9. The summed E-state index contributed by atoms with van der Waals surface area (Å²) in [4.78, 5) is 27.3. The zero-order valence-corrected chi connectivity index (χ0v) is 19.7. The number of anilines is 2. The molecule has 0 saturated heterocycles. The highest BCUT2D eigenvalue weighted by atomic mass is 16.5. The molecule has 0 aliphatic heterocycles. The molecule has 2 aromatic carbocycles. The lowest BCUT2D eigenvalue weighted by atomic mass is 10.1. The Kier molecular flexibility index (Phi) is 6.19. The van der Waals surface area contributed by atoms with E-state index in [1.165, 1.54) is 6.33 Å². The summed E-state index contributed by atoms with van der Waals surface area (Å²) < 4.78 is 5.97. The van der Waals surface area contributed by atoms with Crippen LogP contribution in [0, 0.1) is 13.8 Å². The number of hydrogen-bond acceptors (Lipinski definition) is 6. The van der Waals surface area contributed by atoms with Crippen LogP contribution < -0.4 is 15.4 Å². The summed E-state index contributed by atoms with van der Waals surface area (Å²) in [6, 6.07) is 19.3. The van der Waals surface area contributed by atoms with Crippen molar-refractivity contribution in [3.05, 3.63) is 90.0 Å². The molecular formula is C27H24N6O3. The number of pyridine rings is 1. The number of nitrogens with one attached hydrogen (secondary N) is 3. The molecule has 3 heterocycles. The summed E-state index contributed by atoms with van der Waals surface area (Å²) in [6.45, 7) is 4.15. The summed E-state index contributed by atoms with van der Waals surface area (Å²) in [6.07, 6.45) is 2.17. The average molecular weight is 481 g/mol. The summed E-state index contributed by atoms with van der Waals surface area (Å²) in [7, 11) is 0. The van der Waals surface area contributed by atoms with Gasteiger partial charge in [0.2, 0.25) is 0 Å². The molecule has 4 N–H and O–H groups in total. The zero-order valence-electron chi connectivity index (χ0n) is 19.7. The number of aromatic nitrogens is 4. The molecule has 1 amide bonds. The van der Waals surface area contributed by atoms with Gasteiger partial charge in [-0.15, -0.1) is 0 Å². The molecule has 0 fully saturated rings. The van der Waals surface area contributed by atoms with E-state index >= 15 is 0 Å². The lowest BCUT2D eigenvalue weighted by Gasteiger charge is -2.12. The molecule has 3 aromatic heterocycles. The first-order valence-electron chi connectivity index (χ1n) is 11.3. The quantitative estimate of drug-likeness (QED) is 0.227. The van der Waals surface area contributed by atoms with Gasteiger partial charge in [0.1, 0.15) is 23.3 Å². The standard InChI is InChI=1S/C27H24N6O3/c1-16-10-20(7-9-24(16)36-21-8-6-17(2)28-14-21)32-26-25-23(30-15-31-26)12-22(33-25)19-5-3-4-18(11-19)13-29-27(34)35/h3-12,14-15,29,33H,13H2,1-2H3,(H,34,35)(H,30,31,32). The molecule has 0 spiro atoms. The normalized spacial score (nSPS) is 10.8. The molecule has 0 atom stereocenters. The van der Waals surface area contributed by atoms with Crippen molar-refractivity contribution in [2.45, 2.75) is 20.4 Å². The van der Waals surface area contributed by atoms with Crippen molar-refractivity contribution in [1.82, 2.24) is 25.3 Å². The molecule has 180 valence electrons. The van der Waals surface area contributed by atoms with Crippen molar-refractivity contribution in [3.63, 3.8) is 0 Å². The fourth-order valence-electron chi connectivity index (χ4n) is 3.84.